The molecule has 0 amide bonds. The van der Waals surface area contributed by atoms with E-state index < -0.39 is 60.5 Å². The molecule has 1 aliphatic rings. The summed E-state index contributed by atoms with van der Waals surface area (Å²) in [5.41, 5.74) is -3.76. The topological polar surface area (TPSA) is 161 Å². The number of para-hydroxylation sites is 1. The largest absolute Gasteiger partial charge is 0.462 e. The second-order valence-corrected chi connectivity index (χ2v) is 12.2. The number of halogens is 1. The minimum atomic E-state index is -3.48. The first-order valence-electron chi connectivity index (χ1n) is 11.4. The highest BCUT2D eigenvalue weighted by Gasteiger charge is 2.56. The molecule has 6 atom stereocenters. The Morgan fingerprint density at radius 3 is 2.61 bits per heavy atom. The number of ether oxygens (including phenoxy) is 2. The first kappa shape index (κ1) is 30.5. The second-order valence-electron chi connectivity index (χ2n) is 8.57. The number of carbonyl (C=O) groups is 1. The quantitative estimate of drug-likeness (QED) is 0.124. The van der Waals surface area contributed by atoms with E-state index in [9.17, 15) is 24.6 Å². The molecular weight excluding hydrogens is 652 g/mol. The van der Waals surface area contributed by atoms with Crippen molar-refractivity contribution in [3.8, 4) is 15.6 Å². The van der Waals surface area contributed by atoms with Gasteiger partial charge in [-0.3, -0.25) is 19.1 Å². The van der Waals surface area contributed by atoms with Crippen LogP contribution < -0.4 is 20.9 Å². The van der Waals surface area contributed by atoms with E-state index in [4.69, 9.17) is 30.3 Å². The van der Waals surface area contributed by atoms with Gasteiger partial charge in [0.2, 0.25) is 0 Å². The number of aliphatic hydroxyl groups is 2. The van der Waals surface area contributed by atoms with E-state index in [1.807, 2.05) is 0 Å². The minimum absolute atomic E-state index is 0.354. The van der Waals surface area contributed by atoms with Crippen LogP contribution in [0.15, 0.2) is 52.2 Å². The number of aromatic nitrogens is 2. The molecule has 0 radical (unpaired) electrons. The number of nitrogens with zero attached hydrogens (tertiary/aromatic N) is 1. The normalized spacial score (nSPS) is 25.2. The smallest absolute Gasteiger partial charge is 0.330 e. The fourth-order valence-corrected chi connectivity index (χ4v) is 6.36. The third-order valence-corrected chi connectivity index (χ3v) is 8.04. The van der Waals surface area contributed by atoms with Crippen LogP contribution in [0.2, 0.25) is 0 Å². The van der Waals surface area contributed by atoms with Gasteiger partial charge in [-0.15, -0.1) is 0 Å². The van der Waals surface area contributed by atoms with Crippen molar-refractivity contribution in [1.29, 1.82) is 0 Å². The van der Waals surface area contributed by atoms with Crippen LogP contribution in [0, 0.1) is 9.85 Å². The van der Waals surface area contributed by atoms with Crippen LogP contribution in [0.4, 0.5) is 0 Å². The lowest BCUT2D eigenvalue weighted by atomic mass is 9.95. The Kier molecular flexibility index (Phi) is 10.3. The van der Waals surface area contributed by atoms with Crippen molar-refractivity contribution in [2.45, 2.75) is 57.0 Å². The van der Waals surface area contributed by atoms with Crippen LogP contribution in [0.25, 0.3) is 0 Å². The number of carbonyl (C=O) groups excluding carboxylic acids is 1. The number of benzene rings is 1. The lowest BCUT2D eigenvalue weighted by Crippen LogP contribution is -2.48. The van der Waals surface area contributed by atoms with Crippen molar-refractivity contribution in [2.24, 2.45) is 0 Å². The molecule has 0 bridgehead atoms. The SMILES string of the molecule is CC(C)OC(=O)C(C)NP(=S)(OC[C@H]1O[C@@H](n2ccc(=O)[nH]c2=O)[C@@](O)(C#CI)[C@@H]1O)Oc1ccccc1. The summed E-state index contributed by atoms with van der Waals surface area (Å²) in [4.78, 5) is 38.4. The first-order chi connectivity index (χ1) is 17.9. The lowest BCUT2D eigenvalue weighted by molar-refractivity contribution is -0.149. The van der Waals surface area contributed by atoms with Gasteiger partial charge in [-0.2, -0.15) is 0 Å². The molecule has 4 N–H and O–H groups in total. The summed E-state index contributed by atoms with van der Waals surface area (Å²) >= 11 is 7.33. The third-order valence-electron chi connectivity index (χ3n) is 5.27. The van der Waals surface area contributed by atoms with Gasteiger partial charge in [0.1, 0.15) is 24.0 Å². The summed E-state index contributed by atoms with van der Waals surface area (Å²) in [6.07, 6.45) is -3.61. The van der Waals surface area contributed by atoms with E-state index in [1.54, 1.807) is 66.8 Å². The van der Waals surface area contributed by atoms with Gasteiger partial charge in [-0.1, -0.05) is 18.2 Å². The standard InChI is InChI=1S/C23H27IN3O9PS/c1-14(2)34-20(30)15(3)26-37(38,36-16-7-5-4-6-8-16)33-13-17-19(29)23(32,10-11-24)21(35-17)27-12-9-18(28)25-22(27)31/h4-9,12,14-15,17,19,21,29,32H,13H2,1-3H3,(H,26,38)(H,25,28,31)/t15?,17-,19-,21-,23-,37?/m1/s1. The van der Waals surface area contributed by atoms with Crippen LogP contribution in [0.3, 0.4) is 0 Å². The highest BCUT2D eigenvalue weighted by Crippen LogP contribution is 2.47. The highest BCUT2D eigenvalue weighted by atomic mass is 127. The maximum Gasteiger partial charge on any atom is 0.330 e. The van der Waals surface area contributed by atoms with E-state index in [1.165, 1.54) is 6.92 Å². The number of aromatic amines is 1. The fourth-order valence-electron chi connectivity index (χ4n) is 3.51. The van der Waals surface area contributed by atoms with Crippen LogP contribution in [-0.4, -0.2) is 62.3 Å². The van der Waals surface area contributed by atoms with Crippen molar-refractivity contribution in [3.05, 3.63) is 63.4 Å². The Morgan fingerprint density at radius 1 is 1.32 bits per heavy atom. The molecule has 1 aliphatic heterocycles. The zero-order valence-corrected chi connectivity index (χ0v) is 24.4. The number of aliphatic hydroxyl groups excluding tert-OH is 1. The Labute approximate surface area is 237 Å². The van der Waals surface area contributed by atoms with E-state index >= 15 is 0 Å². The minimum Gasteiger partial charge on any atom is -0.462 e. The monoisotopic (exact) mass is 679 g/mol. The Bertz CT molecular complexity index is 1360. The molecule has 2 heterocycles. The van der Waals surface area contributed by atoms with Gasteiger partial charge >= 0.3 is 18.3 Å². The zero-order valence-electron chi connectivity index (χ0n) is 20.6. The van der Waals surface area contributed by atoms with Crippen molar-refractivity contribution in [3.63, 3.8) is 0 Å². The molecule has 0 saturated carbocycles. The van der Waals surface area contributed by atoms with E-state index in [0.717, 1.165) is 16.8 Å². The van der Waals surface area contributed by atoms with Gasteiger partial charge in [0.25, 0.3) is 5.56 Å². The summed E-state index contributed by atoms with van der Waals surface area (Å²) < 4.78 is 26.3. The summed E-state index contributed by atoms with van der Waals surface area (Å²) in [5.74, 6) is 2.27. The number of hydrogen-bond donors (Lipinski definition) is 4. The number of esters is 1. The molecular formula is C23H27IN3O9PS. The van der Waals surface area contributed by atoms with Gasteiger partial charge < -0.3 is 28.7 Å². The summed E-state index contributed by atoms with van der Waals surface area (Å²) in [6.45, 7) is 1.06. The number of H-pyrrole nitrogens is 1. The van der Waals surface area contributed by atoms with Crippen LogP contribution >= 0.6 is 29.2 Å². The molecule has 15 heteroatoms. The molecule has 0 aliphatic carbocycles. The van der Waals surface area contributed by atoms with Crippen molar-refractivity contribution in [2.75, 3.05) is 6.61 Å². The molecule has 1 saturated heterocycles. The summed E-state index contributed by atoms with van der Waals surface area (Å²) in [7, 11) is 0. The lowest BCUT2D eigenvalue weighted by Gasteiger charge is -2.28. The predicted octanol–water partition coefficient (Wildman–Crippen LogP) is 1.17. The fraction of sp³-hybridized carbons (Fsp3) is 0.435. The number of hydrogen-bond acceptors (Lipinski definition) is 10. The number of nitrogens with one attached hydrogen (secondary N) is 2. The molecule has 0 spiro atoms. The van der Waals surface area contributed by atoms with Gasteiger partial charge in [0.05, 0.1) is 12.7 Å². The second kappa shape index (κ2) is 12.8. The molecule has 38 heavy (non-hydrogen) atoms. The maximum atomic E-state index is 12.4. The summed E-state index contributed by atoms with van der Waals surface area (Å²) in [6, 6.07) is 8.69. The van der Waals surface area contributed by atoms with Gasteiger partial charge in [-0.05, 0) is 54.6 Å². The van der Waals surface area contributed by atoms with Crippen LogP contribution in [0.5, 0.6) is 5.75 Å². The van der Waals surface area contributed by atoms with E-state index in [-0.39, 0.29) is 6.10 Å². The molecule has 2 unspecified atom stereocenters. The molecule has 2 aromatic rings. The first-order valence-corrected chi connectivity index (χ1v) is 15.1. The molecule has 12 nitrogen and oxygen atoms in total. The molecule has 206 valence electrons. The van der Waals surface area contributed by atoms with Crippen LogP contribution in [0.1, 0.15) is 27.0 Å². The molecule has 3 rings (SSSR count). The molecule has 1 aromatic heterocycles. The van der Waals surface area contributed by atoms with E-state index in [0.29, 0.717) is 5.75 Å². The Morgan fingerprint density at radius 2 is 2.00 bits per heavy atom. The average Bonchev–Trinajstić information content (AvgIpc) is 3.08. The van der Waals surface area contributed by atoms with Gasteiger partial charge in [0, 0.05) is 34.9 Å². The highest BCUT2D eigenvalue weighted by molar-refractivity contribution is 14.1. The Balaban J connectivity index is 1.86. The van der Waals surface area contributed by atoms with Gasteiger partial charge in [0.15, 0.2) is 11.8 Å². The summed E-state index contributed by atoms with van der Waals surface area (Å²) in [5, 5.41) is 25.1. The van der Waals surface area contributed by atoms with Crippen molar-refractivity contribution >= 4 is 47.0 Å². The average molecular weight is 679 g/mol. The molecule has 1 aromatic carbocycles. The van der Waals surface area contributed by atoms with Crippen molar-refractivity contribution in [1.82, 2.24) is 14.6 Å². The predicted molar refractivity (Wildman–Crippen MR) is 149 cm³/mol. The van der Waals surface area contributed by atoms with Gasteiger partial charge in [-0.25, -0.2) is 9.88 Å². The zero-order chi connectivity index (χ0) is 28.1. The Hall–Kier alpha value is -2.09. The maximum absolute atomic E-state index is 12.4. The third kappa shape index (κ3) is 7.30. The van der Waals surface area contributed by atoms with Crippen LogP contribution in [-0.2, 0) is 30.6 Å². The molecule has 1 fully saturated rings. The van der Waals surface area contributed by atoms with E-state index in [2.05, 4.69) is 19.9 Å². The van der Waals surface area contributed by atoms with Crippen molar-refractivity contribution < 1.29 is 33.5 Å². The number of rotatable bonds is 10.